The molecule has 7 heteroatoms. The van der Waals surface area contributed by atoms with E-state index in [1.54, 1.807) is 13.2 Å². The van der Waals surface area contributed by atoms with E-state index in [1.807, 2.05) is 54.8 Å². The fraction of sp³-hybridized carbons (Fsp3) is 0.278. The van der Waals surface area contributed by atoms with Crippen molar-refractivity contribution in [2.24, 2.45) is 0 Å². The molecule has 0 aliphatic carbocycles. The number of pyridine rings is 1. The summed E-state index contributed by atoms with van der Waals surface area (Å²) in [6, 6.07) is 10.9. The number of rotatable bonds is 6. The molecule has 2 aromatic heterocycles. The third-order valence-electron chi connectivity index (χ3n) is 3.78. The van der Waals surface area contributed by atoms with E-state index in [9.17, 15) is 4.79 Å². The number of amides is 1. The monoisotopic (exact) mass is 340 g/mol. The summed E-state index contributed by atoms with van der Waals surface area (Å²) in [5.41, 5.74) is 1.79. The quantitative estimate of drug-likeness (QED) is 0.745. The minimum atomic E-state index is -0.298. The predicted octanol–water partition coefficient (Wildman–Crippen LogP) is 2.30. The summed E-state index contributed by atoms with van der Waals surface area (Å²) >= 11 is 0. The van der Waals surface area contributed by atoms with Gasteiger partial charge in [0.05, 0.1) is 13.2 Å². The smallest absolute Gasteiger partial charge is 0.258 e. The maximum absolute atomic E-state index is 12.2. The first-order valence-electron chi connectivity index (χ1n) is 7.95. The molecule has 3 aromatic rings. The topological polar surface area (TPSA) is 77.8 Å². The zero-order chi connectivity index (χ0) is 17.8. The molecule has 0 fully saturated rings. The molecule has 130 valence electrons. The number of carbonyl (C=O) groups is 1. The van der Waals surface area contributed by atoms with Crippen molar-refractivity contribution in [2.45, 2.75) is 19.9 Å². The summed E-state index contributed by atoms with van der Waals surface area (Å²) in [5.74, 6) is 1.55. The van der Waals surface area contributed by atoms with Gasteiger partial charge in [-0.05, 0) is 43.7 Å². The summed E-state index contributed by atoms with van der Waals surface area (Å²) in [6.07, 6.45) is 1.86. The Bertz CT molecular complexity index is 891. The number of nitrogens with zero attached hydrogens (tertiary/aromatic N) is 3. The molecule has 1 atom stereocenters. The summed E-state index contributed by atoms with van der Waals surface area (Å²) in [6.45, 7) is 3.71. The second-order valence-electron chi connectivity index (χ2n) is 5.72. The third-order valence-corrected chi connectivity index (χ3v) is 3.78. The number of methoxy groups -OCH3 is 1. The van der Waals surface area contributed by atoms with Gasteiger partial charge in [0, 0.05) is 6.20 Å². The zero-order valence-corrected chi connectivity index (χ0v) is 14.4. The van der Waals surface area contributed by atoms with Crippen molar-refractivity contribution in [1.29, 1.82) is 0 Å². The van der Waals surface area contributed by atoms with E-state index in [1.165, 1.54) is 0 Å². The number of ether oxygens (including phenoxy) is 2. The molecule has 0 aliphatic heterocycles. The number of hydrogen-bond donors (Lipinski definition) is 1. The Balaban J connectivity index is 1.63. The number of aromatic nitrogens is 3. The standard InChI is InChI=1S/C18H20N4O3/c1-12-7-8-14(15(10-12)24-3)25-11-17(23)19-13(2)18-21-20-16-6-4-5-9-22(16)18/h4-10,13H,11H2,1-3H3,(H,19,23). The Morgan fingerprint density at radius 3 is 2.88 bits per heavy atom. The molecule has 1 N–H and O–H groups in total. The zero-order valence-electron chi connectivity index (χ0n) is 14.4. The summed E-state index contributed by atoms with van der Waals surface area (Å²) in [7, 11) is 1.57. The first kappa shape index (κ1) is 16.8. The fourth-order valence-electron chi connectivity index (χ4n) is 2.54. The molecule has 1 aromatic carbocycles. The second-order valence-corrected chi connectivity index (χ2v) is 5.72. The third kappa shape index (κ3) is 3.71. The lowest BCUT2D eigenvalue weighted by Crippen LogP contribution is -2.32. The van der Waals surface area contributed by atoms with E-state index >= 15 is 0 Å². The lowest BCUT2D eigenvalue weighted by molar-refractivity contribution is -0.123. The average Bonchev–Trinajstić information content (AvgIpc) is 3.04. The Hall–Kier alpha value is -3.09. The first-order chi connectivity index (χ1) is 12.1. The molecular weight excluding hydrogens is 320 g/mol. The van der Waals surface area contributed by atoms with Crippen LogP contribution in [-0.4, -0.2) is 34.2 Å². The van der Waals surface area contributed by atoms with Gasteiger partial charge in [0.2, 0.25) is 0 Å². The van der Waals surface area contributed by atoms with Gasteiger partial charge in [-0.1, -0.05) is 12.1 Å². The van der Waals surface area contributed by atoms with E-state index < -0.39 is 0 Å². The highest BCUT2D eigenvalue weighted by Crippen LogP contribution is 2.27. The minimum absolute atomic E-state index is 0.111. The van der Waals surface area contributed by atoms with Gasteiger partial charge in [0.15, 0.2) is 29.6 Å². The maximum Gasteiger partial charge on any atom is 0.258 e. The number of fused-ring (bicyclic) bond motifs is 1. The van der Waals surface area contributed by atoms with Gasteiger partial charge >= 0.3 is 0 Å². The molecule has 3 rings (SSSR count). The number of benzene rings is 1. The molecule has 0 aliphatic rings. The van der Waals surface area contributed by atoms with Crippen LogP contribution < -0.4 is 14.8 Å². The van der Waals surface area contributed by atoms with Crippen LogP contribution in [0.25, 0.3) is 5.65 Å². The van der Waals surface area contributed by atoms with E-state index in [2.05, 4.69) is 15.5 Å². The molecule has 0 saturated carbocycles. The molecule has 0 bridgehead atoms. The number of aryl methyl sites for hydroxylation is 1. The predicted molar refractivity (Wildman–Crippen MR) is 92.8 cm³/mol. The largest absolute Gasteiger partial charge is 0.493 e. The summed E-state index contributed by atoms with van der Waals surface area (Å²) in [4.78, 5) is 12.2. The van der Waals surface area contributed by atoms with Crippen LogP contribution in [0, 0.1) is 6.92 Å². The van der Waals surface area contributed by atoms with Crippen LogP contribution in [0.4, 0.5) is 0 Å². The molecule has 0 radical (unpaired) electrons. The highest BCUT2D eigenvalue weighted by molar-refractivity contribution is 5.78. The van der Waals surface area contributed by atoms with Crippen molar-refractivity contribution >= 4 is 11.6 Å². The minimum Gasteiger partial charge on any atom is -0.493 e. The van der Waals surface area contributed by atoms with Crippen molar-refractivity contribution in [3.63, 3.8) is 0 Å². The normalized spacial score (nSPS) is 12.0. The van der Waals surface area contributed by atoms with Crippen LogP contribution in [0.15, 0.2) is 42.6 Å². The molecule has 0 saturated heterocycles. The van der Waals surface area contributed by atoms with Crippen LogP contribution in [0.3, 0.4) is 0 Å². The molecule has 2 heterocycles. The molecule has 7 nitrogen and oxygen atoms in total. The number of hydrogen-bond acceptors (Lipinski definition) is 5. The van der Waals surface area contributed by atoms with E-state index in [4.69, 9.17) is 9.47 Å². The van der Waals surface area contributed by atoms with Gasteiger partial charge < -0.3 is 14.8 Å². The van der Waals surface area contributed by atoms with E-state index in [-0.39, 0.29) is 18.6 Å². The highest BCUT2D eigenvalue weighted by atomic mass is 16.5. The first-order valence-corrected chi connectivity index (χ1v) is 7.95. The van der Waals surface area contributed by atoms with Crippen molar-refractivity contribution in [3.8, 4) is 11.5 Å². The van der Waals surface area contributed by atoms with Crippen molar-refractivity contribution in [3.05, 3.63) is 54.0 Å². The lowest BCUT2D eigenvalue weighted by atomic mass is 10.2. The SMILES string of the molecule is COc1cc(C)ccc1OCC(=O)NC(C)c1nnc2ccccn12. The van der Waals surface area contributed by atoms with Crippen molar-refractivity contribution in [2.75, 3.05) is 13.7 Å². The van der Waals surface area contributed by atoms with Gasteiger partial charge in [0.25, 0.3) is 5.91 Å². The molecular formula is C18H20N4O3. The van der Waals surface area contributed by atoms with Gasteiger partial charge in [-0.3, -0.25) is 9.20 Å². The summed E-state index contributed by atoms with van der Waals surface area (Å²) < 4.78 is 12.7. The van der Waals surface area contributed by atoms with Crippen LogP contribution in [-0.2, 0) is 4.79 Å². The van der Waals surface area contributed by atoms with Crippen molar-refractivity contribution in [1.82, 2.24) is 19.9 Å². The maximum atomic E-state index is 12.2. The Labute approximate surface area is 145 Å². The fourth-order valence-corrected chi connectivity index (χ4v) is 2.54. The lowest BCUT2D eigenvalue weighted by Gasteiger charge is -2.14. The van der Waals surface area contributed by atoms with Gasteiger partial charge in [-0.2, -0.15) is 0 Å². The Morgan fingerprint density at radius 1 is 1.24 bits per heavy atom. The van der Waals surface area contributed by atoms with E-state index in [0.717, 1.165) is 11.2 Å². The van der Waals surface area contributed by atoms with Gasteiger partial charge in [0.1, 0.15) is 0 Å². The van der Waals surface area contributed by atoms with Crippen molar-refractivity contribution < 1.29 is 14.3 Å². The van der Waals surface area contributed by atoms with Crippen LogP contribution >= 0.6 is 0 Å². The Kier molecular flexibility index (Phi) is 4.83. The van der Waals surface area contributed by atoms with Crippen LogP contribution in [0.5, 0.6) is 11.5 Å². The molecule has 25 heavy (non-hydrogen) atoms. The van der Waals surface area contributed by atoms with Gasteiger partial charge in [-0.15, -0.1) is 10.2 Å². The van der Waals surface area contributed by atoms with Crippen LogP contribution in [0.1, 0.15) is 24.4 Å². The second kappa shape index (κ2) is 7.21. The number of carbonyl (C=O) groups excluding carboxylic acids is 1. The molecule has 1 unspecified atom stereocenters. The molecule has 1 amide bonds. The number of nitrogens with one attached hydrogen (secondary N) is 1. The Morgan fingerprint density at radius 2 is 2.08 bits per heavy atom. The summed E-state index contributed by atoms with van der Waals surface area (Å²) in [5, 5.41) is 11.1. The van der Waals surface area contributed by atoms with E-state index in [0.29, 0.717) is 17.3 Å². The van der Waals surface area contributed by atoms with Gasteiger partial charge in [-0.25, -0.2) is 0 Å². The highest BCUT2D eigenvalue weighted by Gasteiger charge is 2.16. The molecule has 0 spiro atoms. The average molecular weight is 340 g/mol. The van der Waals surface area contributed by atoms with Crippen LogP contribution in [0.2, 0.25) is 0 Å².